The Labute approximate surface area is 79.6 Å². The third-order valence-electron chi connectivity index (χ3n) is 1.21. The Hall–Kier alpha value is -1.31. The maximum absolute atomic E-state index is 10.5. The van der Waals surface area contributed by atoms with Crippen molar-refractivity contribution in [1.29, 1.82) is 0 Å². The van der Waals surface area contributed by atoms with E-state index in [1.807, 2.05) is 32.1 Å². The fourth-order valence-electron chi connectivity index (χ4n) is 0.794. The molecule has 0 saturated heterocycles. The van der Waals surface area contributed by atoms with Crippen LogP contribution in [-0.4, -0.2) is 5.97 Å². The number of carbonyl (C=O) groups excluding carboxylic acids is 1. The van der Waals surface area contributed by atoms with Gasteiger partial charge in [-0.3, -0.25) is 4.79 Å². The first-order chi connectivity index (χ1) is 6.29. The predicted molar refractivity (Wildman–Crippen MR) is 54.1 cm³/mol. The molecule has 2 nitrogen and oxygen atoms in total. The second kappa shape index (κ2) is 7.35. The lowest BCUT2D eigenvalue weighted by atomic mass is 10.4. The number of rotatable bonds is 1. The quantitative estimate of drug-likeness (QED) is 0.580. The molecule has 0 N–H and O–H groups in total. The number of esters is 1. The highest BCUT2D eigenvalue weighted by Crippen LogP contribution is 2.05. The van der Waals surface area contributed by atoms with Gasteiger partial charge in [0.05, 0.1) is 0 Å². The summed E-state index contributed by atoms with van der Waals surface area (Å²) in [5.41, 5.74) is 0. The van der Waals surface area contributed by atoms with E-state index in [0.29, 0.717) is 5.76 Å². The van der Waals surface area contributed by atoms with Crippen LogP contribution in [-0.2, 0) is 9.53 Å². The normalized spacial score (nSPS) is 13.6. The lowest BCUT2D eigenvalue weighted by molar-refractivity contribution is -0.136. The zero-order valence-corrected chi connectivity index (χ0v) is 8.41. The van der Waals surface area contributed by atoms with E-state index in [9.17, 15) is 4.79 Å². The zero-order valence-electron chi connectivity index (χ0n) is 8.41. The fraction of sp³-hybridized carbons (Fsp3) is 0.364. The average molecular weight is 180 g/mol. The van der Waals surface area contributed by atoms with Gasteiger partial charge in [0.1, 0.15) is 5.76 Å². The van der Waals surface area contributed by atoms with Gasteiger partial charge in [-0.1, -0.05) is 32.1 Å². The largest absolute Gasteiger partial charge is 0.427 e. The SMILES string of the molecule is CC.CC(=O)OC1=CC=CCC=C1. The predicted octanol–water partition coefficient (Wildman–Crippen LogP) is 2.98. The van der Waals surface area contributed by atoms with Crippen LogP contribution in [0.4, 0.5) is 0 Å². The summed E-state index contributed by atoms with van der Waals surface area (Å²) < 4.78 is 4.86. The molecular formula is C11H16O2. The lowest BCUT2D eigenvalue weighted by Crippen LogP contribution is -1.95. The monoisotopic (exact) mass is 180 g/mol. The molecule has 0 fully saturated rings. The number of hydrogen-bond acceptors (Lipinski definition) is 2. The van der Waals surface area contributed by atoms with E-state index in [0.717, 1.165) is 6.42 Å². The molecule has 1 rings (SSSR count). The van der Waals surface area contributed by atoms with Gasteiger partial charge in [0, 0.05) is 6.92 Å². The second-order valence-electron chi connectivity index (χ2n) is 2.23. The van der Waals surface area contributed by atoms with Crippen molar-refractivity contribution in [3.63, 3.8) is 0 Å². The minimum absolute atomic E-state index is 0.281. The number of ether oxygens (including phenoxy) is 1. The summed E-state index contributed by atoms with van der Waals surface area (Å²) in [7, 11) is 0. The molecule has 0 saturated carbocycles. The van der Waals surface area contributed by atoms with Crippen molar-refractivity contribution < 1.29 is 9.53 Å². The Bertz CT molecular complexity index is 234. The van der Waals surface area contributed by atoms with E-state index < -0.39 is 0 Å². The van der Waals surface area contributed by atoms with Crippen LogP contribution in [0.3, 0.4) is 0 Å². The zero-order chi connectivity index (χ0) is 10.1. The third kappa shape index (κ3) is 5.91. The molecule has 2 heteroatoms. The van der Waals surface area contributed by atoms with Gasteiger partial charge >= 0.3 is 5.97 Å². The Morgan fingerprint density at radius 2 is 2.08 bits per heavy atom. The molecule has 72 valence electrons. The first-order valence-electron chi connectivity index (χ1n) is 4.51. The molecule has 0 aromatic heterocycles. The van der Waals surface area contributed by atoms with Crippen LogP contribution in [0.25, 0.3) is 0 Å². The molecule has 1 aliphatic rings. The molecule has 0 amide bonds. The van der Waals surface area contributed by atoms with Crippen molar-refractivity contribution in [3.8, 4) is 0 Å². The van der Waals surface area contributed by atoms with Crippen molar-refractivity contribution in [3.05, 3.63) is 36.1 Å². The summed E-state index contributed by atoms with van der Waals surface area (Å²) in [6, 6.07) is 0. The average Bonchev–Trinajstić information content (AvgIpc) is 2.36. The summed E-state index contributed by atoms with van der Waals surface area (Å²) in [6.07, 6.45) is 10.3. The molecule has 0 aliphatic heterocycles. The molecule has 13 heavy (non-hydrogen) atoms. The number of hydrogen-bond donors (Lipinski definition) is 0. The Morgan fingerprint density at radius 1 is 1.38 bits per heavy atom. The third-order valence-corrected chi connectivity index (χ3v) is 1.21. The van der Waals surface area contributed by atoms with E-state index in [1.54, 1.807) is 12.2 Å². The van der Waals surface area contributed by atoms with Crippen LogP contribution in [0.5, 0.6) is 0 Å². The van der Waals surface area contributed by atoms with Gasteiger partial charge in [0.2, 0.25) is 0 Å². The van der Waals surface area contributed by atoms with Crippen LogP contribution in [0.2, 0.25) is 0 Å². The Morgan fingerprint density at radius 3 is 2.69 bits per heavy atom. The van der Waals surface area contributed by atoms with E-state index in [4.69, 9.17) is 4.74 Å². The van der Waals surface area contributed by atoms with Gasteiger partial charge in [-0.05, 0) is 18.6 Å². The summed E-state index contributed by atoms with van der Waals surface area (Å²) >= 11 is 0. The fourth-order valence-corrected chi connectivity index (χ4v) is 0.794. The molecule has 0 bridgehead atoms. The maximum Gasteiger partial charge on any atom is 0.308 e. The van der Waals surface area contributed by atoms with Crippen LogP contribution in [0, 0.1) is 0 Å². The maximum atomic E-state index is 10.5. The highest BCUT2D eigenvalue weighted by Gasteiger charge is 1.96. The van der Waals surface area contributed by atoms with Crippen LogP contribution < -0.4 is 0 Å². The molecule has 1 aliphatic carbocycles. The van der Waals surface area contributed by atoms with Gasteiger partial charge in [-0.25, -0.2) is 0 Å². The van der Waals surface area contributed by atoms with E-state index >= 15 is 0 Å². The van der Waals surface area contributed by atoms with Crippen LogP contribution in [0.1, 0.15) is 27.2 Å². The summed E-state index contributed by atoms with van der Waals surface area (Å²) in [6.45, 7) is 5.39. The van der Waals surface area contributed by atoms with E-state index in [2.05, 4.69) is 0 Å². The van der Waals surface area contributed by atoms with Crippen molar-refractivity contribution in [2.24, 2.45) is 0 Å². The van der Waals surface area contributed by atoms with Crippen molar-refractivity contribution in [1.82, 2.24) is 0 Å². The first kappa shape index (κ1) is 11.7. The molecule has 0 atom stereocenters. The van der Waals surface area contributed by atoms with Gasteiger partial charge in [0.25, 0.3) is 0 Å². The van der Waals surface area contributed by atoms with Gasteiger partial charge in [-0.15, -0.1) is 0 Å². The van der Waals surface area contributed by atoms with E-state index in [-0.39, 0.29) is 5.97 Å². The summed E-state index contributed by atoms with van der Waals surface area (Å²) in [5, 5.41) is 0. The topological polar surface area (TPSA) is 26.3 Å². The van der Waals surface area contributed by atoms with Gasteiger partial charge < -0.3 is 4.74 Å². The van der Waals surface area contributed by atoms with E-state index in [1.165, 1.54) is 6.92 Å². The molecule has 0 radical (unpaired) electrons. The highest BCUT2D eigenvalue weighted by molar-refractivity contribution is 5.67. The minimum Gasteiger partial charge on any atom is -0.427 e. The standard InChI is InChI=1S/C9H10O2.C2H6/c1-8(10)11-9-6-4-2-3-5-7-9;1-2/h2,4-7H,3H2,1H3;1-2H3. The Kier molecular flexibility index (Phi) is 6.60. The van der Waals surface area contributed by atoms with Crippen LogP contribution in [0.15, 0.2) is 36.1 Å². The summed E-state index contributed by atoms with van der Waals surface area (Å²) in [5.74, 6) is 0.322. The molecule has 0 aromatic rings. The molecule has 0 heterocycles. The first-order valence-corrected chi connectivity index (χ1v) is 4.51. The smallest absolute Gasteiger partial charge is 0.308 e. The van der Waals surface area contributed by atoms with Crippen LogP contribution >= 0.6 is 0 Å². The minimum atomic E-state index is -0.281. The summed E-state index contributed by atoms with van der Waals surface area (Å²) in [4.78, 5) is 10.5. The molecule has 0 aromatic carbocycles. The molecular weight excluding hydrogens is 164 g/mol. The second-order valence-corrected chi connectivity index (χ2v) is 2.23. The van der Waals surface area contributed by atoms with Crippen molar-refractivity contribution in [2.75, 3.05) is 0 Å². The number of allylic oxidation sites excluding steroid dienone is 5. The van der Waals surface area contributed by atoms with Gasteiger partial charge in [0.15, 0.2) is 0 Å². The van der Waals surface area contributed by atoms with Crippen molar-refractivity contribution >= 4 is 5.97 Å². The van der Waals surface area contributed by atoms with Crippen molar-refractivity contribution in [2.45, 2.75) is 27.2 Å². The lowest BCUT2D eigenvalue weighted by Gasteiger charge is -1.98. The number of carbonyl (C=O) groups is 1. The highest BCUT2D eigenvalue weighted by atomic mass is 16.5. The Balaban J connectivity index is 0.000000671. The molecule has 0 spiro atoms. The van der Waals surface area contributed by atoms with Gasteiger partial charge in [-0.2, -0.15) is 0 Å². The molecule has 0 unspecified atom stereocenters.